The topological polar surface area (TPSA) is 73.9 Å². The lowest BCUT2D eigenvalue weighted by molar-refractivity contribution is -0.150. The monoisotopic (exact) mass is 395 g/mol. The third-order valence-corrected chi connectivity index (χ3v) is 4.60. The summed E-state index contributed by atoms with van der Waals surface area (Å²) in [5.41, 5.74) is 0.653. The van der Waals surface area contributed by atoms with Crippen molar-refractivity contribution >= 4 is 29.6 Å². The molecule has 27 heavy (non-hydrogen) atoms. The highest BCUT2D eigenvalue weighted by molar-refractivity contribution is 6.32. The highest BCUT2D eigenvalue weighted by Gasteiger charge is 2.22. The Morgan fingerprint density at radius 3 is 2.67 bits per heavy atom. The van der Waals surface area contributed by atoms with Gasteiger partial charge in [-0.15, -0.1) is 0 Å². The summed E-state index contributed by atoms with van der Waals surface area (Å²) < 4.78 is 15.9. The van der Waals surface area contributed by atoms with Crippen molar-refractivity contribution in [1.29, 1.82) is 0 Å². The minimum atomic E-state index is -0.846. The van der Waals surface area contributed by atoms with E-state index in [9.17, 15) is 9.59 Å². The van der Waals surface area contributed by atoms with Gasteiger partial charge < -0.3 is 19.5 Å². The predicted octanol–water partition coefficient (Wildman–Crippen LogP) is 3.75. The van der Waals surface area contributed by atoms with Gasteiger partial charge in [-0.3, -0.25) is 4.79 Å². The lowest BCUT2D eigenvalue weighted by atomic mass is 10.2. The number of esters is 1. The van der Waals surface area contributed by atoms with Gasteiger partial charge in [-0.1, -0.05) is 24.4 Å². The van der Waals surface area contributed by atoms with Crippen LogP contribution in [0.3, 0.4) is 0 Å². The molecule has 1 fully saturated rings. The molecule has 0 saturated heterocycles. The molecule has 6 nitrogen and oxygen atoms in total. The van der Waals surface area contributed by atoms with Gasteiger partial charge >= 0.3 is 5.97 Å². The number of carbonyl (C=O) groups is 2. The Morgan fingerprint density at radius 1 is 1.33 bits per heavy atom. The number of rotatable bonds is 8. The number of ether oxygens (including phenoxy) is 3. The first-order valence-corrected chi connectivity index (χ1v) is 9.51. The summed E-state index contributed by atoms with van der Waals surface area (Å²) in [5.74, 6) is 0.0581. The molecule has 0 bridgehead atoms. The first-order chi connectivity index (χ1) is 12.9. The van der Waals surface area contributed by atoms with Crippen LogP contribution >= 0.6 is 11.6 Å². The van der Waals surface area contributed by atoms with Crippen LogP contribution in [-0.4, -0.2) is 37.7 Å². The third kappa shape index (κ3) is 6.17. The van der Waals surface area contributed by atoms with Crippen LogP contribution in [0, 0.1) is 0 Å². The number of hydrogen-bond donors (Lipinski definition) is 1. The molecule has 2 rings (SSSR count). The molecule has 1 N–H and O–H groups in total. The van der Waals surface area contributed by atoms with Gasteiger partial charge in [0.25, 0.3) is 5.91 Å². The molecule has 1 saturated carbocycles. The van der Waals surface area contributed by atoms with E-state index in [2.05, 4.69) is 5.32 Å². The number of methoxy groups -OCH3 is 1. The zero-order valence-corrected chi connectivity index (χ0v) is 16.7. The van der Waals surface area contributed by atoms with Crippen LogP contribution < -0.4 is 14.8 Å². The van der Waals surface area contributed by atoms with E-state index in [1.54, 1.807) is 25.1 Å². The van der Waals surface area contributed by atoms with Gasteiger partial charge in [0.05, 0.1) is 18.7 Å². The molecule has 1 aliphatic carbocycles. The van der Waals surface area contributed by atoms with Gasteiger partial charge in [0, 0.05) is 12.1 Å². The molecule has 1 amide bonds. The van der Waals surface area contributed by atoms with E-state index in [0.29, 0.717) is 28.7 Å². The quantitative estimate of drug-likeness (QED) is 0.536. The molecule has 0 spiro atoms. The van der Waals surface area contributed by atoms with E-state index in [-0.39, 0.29) is 11.9 Å². The van der Waals surface area contributed by atoms with Crippen LogP contribution in [0.2, 0.25) is 5.02 Å². The minimum Gasteiger partial charge on any atom is -0.493 e. The zero-order valence-electron chi connectivity index (χ0n) is 15.9. The van der Waals surface area contributed by atoms with Crippen LogP contribution in [0.15, 0.2) is 18.2 Å². The summed E-state index contributed by atoms with van der Waals surface area (Å²) in [6, 6.07) is 3.55. The number of hydrogen-bond acceptors (Lipinski definition) is 5. The molecule has 1 aromatic rings. The zero-order chi connectivity index (χ0) is 19.8. The number of carbonyl (C=O) groups excluding carboxylic acids is 2. The first-order valence-electron chi connectivity index (χ1n) is 9.14. The Balaban J connectivity index is 1.95. The molecule has 0 aliphatic heterocycles. The van der Waals surface area contributed by atoms with Gasteiger partial charge in [-0.25, -0.2) is 4.79 Å². The van der Waals surface area contributed by atoms with Crippen molar-refractivity contribution in [2.45, 2.75) is 51.7 Å². The van der Waals surface area contributed by atoms with Crippen molar-refractivity contribution in [3.05, 3.63) is 28.8 Å². The fourth-order valence-corrected chi connectivity index (χ4v) is 3.21. The smallest absolute Gasteiger partial charge is 0.331 e. The molecule has 7 heteroatoms. The van der Waals surface area contributed by atoms with E-state index in [1.165, 1.54) is 13.2 Å². The second-order valence-corrected chi connectivity index (χ2v) is 6.78. The molecule has 1 aromatic carbocycles. The average Bonchev–Trinajstić information content (AvgIpc) is 3.14. The highest BCUT2D eigenvalue weighted by atomic mass is 35.5. The van der Waals surface area contributed by atoms with Crippen molar-refractivity contribution in [3.8, 4) is 11.5 Å². The van der Waals surface area contributed by atoms with Gasteiger partial charge in [0.15, 0.2) is 17.6 Å². The predicted molar refractivity (Wildman–Crippen MR) is 104 cm³/mol. The Hall–Kier alpha value is -2.21. The van der Waals surface area contributed by atoms with Gasteiger partial charge in [0.1, 0.15) is 0 Å². The lowest BCUT2D eigenvalue weighted by Crippen LogP contribution is -2.40. The van der Waals surface area contributed by atoms with Crippen LogP contribution in [0.5, 0.6) is 11.5 Å². The fraction of sp³-hybridized carbons (Fsp3) is 0.500. The maximum atomic E-state index is 12.1. The molecule has 1 aliphatic rings. The van der Waals surface area contributed by atoms with Crippen molar-refractivity contribution in [2.75, 3.05) is 13.7 Å². The van der Waals surface area contributed by atoms with Crippen molar-refractivity contribution in [1.82, 2.24) is 5.32 Å². The normalized spacial score (nSPS) is 15.6. The van der Waals surface area contributed by atoms with Crippen LogP contribution in [0.25, 0.3) is 6.08 Å². The lowest BCUT2D eigenvalue weighted by Gasteiger charge is -2.16. The van der Waals surface area contributed by atoms with E-state index >= 15 is 0 Å². The summed E-state index contributed by atoms with van der Waals surface area (Å²) in [7, 11) is 1.51. The Bertz CT molecular complexity index is 698. The second-order valence-electron chi connectivity index (χ2n) is 6.37. The van der Waals surface area contributed by atoms with Gasteiger partial charge in [-0.05, 0) is 50.5 Å². The van der Waals surface area contributed by atoms with Crippen LogP contribution in [0.1, 0.15) is 45.1 Å². The van der Waals surface area contributed by atoms with E-state index in [4.69, 9.17) is 25.8 Å². The van der Waals surface area contributed by atoms with Crippen molar-refractivity contribution < 1.29 is 23.8 Å². The summed E-state index contributed by atoms with van der Waals surface area (Å²) >= 11 is 6.21. The van der Waals surface area contributed by atoms with Crippen molar-refractivity contribution in [2.24, 2.45) is 0 Å². The number of benzene rings is 1. The Labute approximate surface area is 164 Å². The average molecular weight is 396 g/mol. The summed E-state index contributed by atoms with van der Waals surface area (Å²) in [6.45, 7) is 3.87. The van der Waals surface area contributed by atoms with Gasteiger partial charge in [0.2, 0.25) is 0 Å². The summed E-state index contributed by atoms with van der Waals surface area (Å²) in [6.07, 6.45) is 6.16. The number of halogens is 1. The maximum Gasteiger partial charge on any atom is 0.331 e. The molecule has 148 valence electrons. The number of nitrogens with one attached hydrogen (secondary N) is 1. The van der Waals surface area contributed by atoms with E-state index < -0.39 is 12.1 Å². The highest BCUT2D eigenvalue weighted by Crippen LogP contribution is 2.36. The fourth-order valence-electron chi connectivity index (χ4n) is 2.94. The molecular formula is C20H26ClNO5. The third-order valence-electron chi connectivity index (χ3n) is 4.32. The van der Waals surface area contributed by atoms with E-state index in [1.807, 2.05) is 6.92 Å². The Kier molecular flexibility index (Phi) is 7.98. The second kappa shape index (κ2) is 10.2. The molecule has 0 heterocycles. The Morgan fingerprint density at radius 2 is 2.04 bits per heavy atom. The van der Waals surface area contributed by atoms with Crippen LogP contribution in [0.4, 0.5) is 0 Å². The van der Waals surface area contributed by atoms with Crippen molar-refractivity contribution in [3.63, 3.8) is 0 Å². The van der Waals surface area contributed by atoms with Gasteiger partial charge in [-0.2, -0.15) is 0 Å². The standard InChI is InChI=1S/C20H26ClNO5/c1-4-26-19-16(21)11-14(12-17(19)25-3)9-10-18(23)27-13(2)20(24)22-15-7-5-6-8-15/h9-13,15H,4-8H2,1-3H3,(H,22,24)/b10-9+/t13-/m0/s1. The molecule has 0 aromatic heterocycles. The minimum absolute atomic E-state index is 0.188. The molecule has 1 atom stereocenters. The van der Waals surface area contributed by atoms with E-state index in [0.717, 1.165) is 25.7 Å². The molecular weight excluding hydrogens is 370 g/mol. The van der Waals surface area contributed by atoms with Crippen LogP contribution in [-0.2, 0) is 14.3 Å². The largest absolute Gasteiger partial charge is 0.493 e. The molecule has 0 unspecified atom stereocenters. The number of amides is 1. The first kappa shape index (κ1) is 21.1. The summed E-state index contributed by atoms with van der Waals surface area (Å²) in [5, 5.41) is 3.29. The maximum absolute atomic E-state index is 12.1. The SMILES string of the molecule is CCOc1c(Cl)cc(/C=C/C(=O)O[C@@H](C)C(=O)NC2CCCC2)cc1OC. The summed E-state index contributed by atoms with van der Waals surface area (Å²) in [4.78, 5) is 24.1. The molecule has 0 radical (unpaired) electrons.